The molecule has 1 amide bonds. The maximum absolute atomic E-state index is 12.2. The first-order valence-corrected chi connectivity index (χ1v) is 9.40. The minimum Gasteiger partial charge on any atom is -0.493 e. The van der Waals surface area contributed by atoms with E-state index in [1.165, 1.54) is 0 Å². The van der Waals surface area contributed by atoms with Crippen molar-refractivity contribution in [3.63, 3.8) is 0 Å². The minimum atomic E-state index is -0.195. The Bertz CT molecular complexity index is 952. The zero-order valence-corrected chi connectivity index (χ0v) is 16.5. The molecule has 0 unspecified atom stereocenters. The Morgan fingerprint density at radius 3 is 2.76 bits per heavy atom. The van der Waals surface area contributed by atoms with Crippen LogP contribution in [0.2, 0.25) is 0 Å². The van der Waals surface area contributed by atoms with Gasteiger partial charge >= 0.3 is 0 Å². The summed E-state index contributed by atoms with van der Waals surface area (Å²) in [6.07, 6.45) is 6.25. The van der Waals surface area contributed by atoms with Crippen LogP contribution in [0.4, 0.5) is 0 Å². The second kappa shape index (κ2) is 10.1. The largest absolute Gasteiger partial charge is 0.493 e. The topological polar surface area (TPSA) is 65.4 Å². The van der Waals surface area contributed by atoms with Crippen LogP contribution in [0.3, 0.4) is 0 Å². The van der Waals surface area contributed by atoms with E-state index < -0.39 is 0 Å². The molecule has 2 aromatic carbocycles. The van der Waals surface area contributed by atoms with Crippen molar-refractivity contribution in [1.29, 1.82) is 0 Å². The van der Waals surface area contributed by atoms with Crippen molar-refractivity contribution in [2.45, 2.75) is 19.5 Å². The number of carbonyl (C=O) groups is 1. The summed E-state index contributed by atoms with van der Waals surface area (Å²) in [4.78, 5) is 12.2. The Balaban J connectivity index is 1.51. The van der Waals surface area contributed by atoms with Gasteiger partial charge in [0, 0.05) is 18.9 Å². The first kappa shape index (κ1) is 20.2. The van der Waals surface area contributed by atoms with Gasteiger partial charge in [0.05, 0.1) is 13.7 Å². The fourth-order valence-corrected chi connectivity index (χ4v) is 2.94. The van der Waals surface area contributed by atoms with Crippen molar-refractivity contribution in [3.05, 3.63) is 90.3 Å². The van der Waals surface area contributed by atoms with Gasteiger partial charge in [-0.25, -0.2) is 0 Å². The van der Waals surface area contributed by atoms with Gasteiger partial charge in [-0.3, -0.25) is 9.48 Å². The molecule has 0 aliphatic heterocycles. The zero-order chi connectivity index (χ0) is 20.5. The van der Waals surface area contributed by atoms with Gasteiger partial charge in [-0.2, -0.15) is 5.10 Å². The van der Waals surface area contributed by atoms with E-state index in [-0.39, 0.29) is 12.5 Å². The van der Waals surface area contributed by atoms with E-state index in [9.17, 15) is 4.79 Å². The predicted octanol–water partition coefficient (Wildman–Crippen LogP) is 3.36. The standard InChI is InChI=1S/C23H25N3O3/c1-3-6-18-9-10-21(22(14-18)28-2)29-17-23(27)24-15-19-7-4-8-20(13-19)16-26-12-5-11-25-26/h3-5,7-14H,1,6,15-17H2,2H3,(H,24,27). The minimum absolute atomic E-state index is 0.0792. The van der Waals surface area contributed by atoms with E-state index in [1.54, 1.807) is 13.3 Å². The number of rotatable bonds is 10. The molecule has 150 valence electrons. The van der Waals surface area contributed by atoms with E-state index in [4.69, 9.17) is 9.47 Å². The molecule has 0 atom stereocenters. The third-order valence-electron chi connectivity index (χ3n) is 4.35. The number of nitrogens with zero attached hydrogens (tertiary/aromatic N) is 2. The van der Waals surface area contributed by atoms with E-state index in [2.05, 4.69) is 23.1 Å². The Labute approximate surface area is 170 Å². The van der Waals surface area contributed by atoms with Crippen LogP contribution in [-0.4, -0.2) is 29.4 Å². The smallest absolute Gasteiger partial charge is 0.258 e. The van der Waals surface area contributed by atoms with Crippen molar-refractivity contribution in [3.8, 4) is 11.5 Å². The second-order valence-corrected chi connectivity index (χ2v) is 6.57. The molecule has 0 bridgehead atoms. The van der Waals surface area contributed by atoms with Gasteiger partial charge in [0.2, 0.25) is 0 Å². The number of carbonyl (C=O) groups excluding carboxylic acids is 1. The highest BCUT2D eigenvalue weighted by Gasteiger charge is 2.09. The Kier molecular flexibility index (Phi) is 7.05. The van der Waals surface area contributed by atoms with E-state index in [0.29, 0.717) is 24.6 Å². The molecule has 29 heavy (non-hydrogen) atoms. The average molecular weight is 391 g/mol. The molecule has 0 aliphatic carbocycles. The maximum Gasteiger partial charge on any atom is 0.258 e. The summed E-state index contributed by atoms with van der Waals surface area (Å²) >= 11 is 0. The van der Waals surface area contributed by atoms with Crippen molar-refractivity contribution >= 4 is 5.91 Å². The lowest BCUT2D eigenvalue weighted by molar-refractivity contribution is -0.123. The monoisotopic (exact) mass is 391 g/mol. The lowest BCUT2D eigenvalue weighted by atomic mass is 10.1. The summed E-state index contributed by atoms with van der Waals surface area (Å²) in [7, 11) is 1.58. The normalized spacial score (nSPS) is 10.4. The number of ether oxygens (including phenoxy) is 2. The number of hydrogen-bond donors (Lipinski definition) is 1. The molecule has 1 N–H and O–H groups in total. The van der Waals surface area contributed by atoms with Gasteiger partial charge in [0.25, 0.3) is 5.91 Å². The van der Waals surface area contributed by atoms with Gasteiger partial charge in [-0.1, -0.05) is 36.4 Å². The lowest BCUT2D eigenvalue weighted by Crippen LogP contribution is -2.28. The van der Waals surface area contributed by atoms with Crippen molar-refractivity contribution in [2.24, 2.45) is 0 Å². The van der Waals surface area contributed by atoms with Gasteiger partial charge < -0.3 is 14.8 Å². The predicted molar refractivity (Wildman–Crippen MR) is 112 cm³/mol. The highest BCUT2D eigenvalue weighted by atomic mass is 16.5. The first-order chi connectivity index (χ1) is 14.2. The molecule has 0 saturated heterocycles. The number of benzene rings is 2. The fourth-order valence-electron chi connectivity index (χ4n) is 2.94. The summed E-state index contributed by atoms with van der Waals surface area (Å²) in [5.41, 5.74) is 3.22. The van der Waals surface area contributed by atoms with E-state index in [0.717, 1.165) is 23.1 Å². The molecule has 0 saturated carbocycles. The first-order valence-electron chi connectivity index (χ1n) is 9.40. The van der Waals surface area contributed by atoms with Crippen LogP contribution in [0.15, 0.2) is 73.6 Å². The van der Waals surface area contributed by atoms with Gasteiger partial charge in [0.15, 0.2) is 18.1 Å². The number of nitrogens with one attached hydrogen (secondary N) is 1. The van der Waals surface area contributed by atoms with Crippen LogP contribution in [-0.2, 0) is 24.3 Å². The fraction of sp³-hybridized carbons (Fsp3) is 0.217. The van der Waals surface area contributed by atoms with Crippen LogP contribution < -0.4 is 14.8 Å². The summed E-state index contributed by atoms with van der Waals surface area (Å²) < 4.78 is 12.8. The van der Waals surface area contributed by atoms with E-state index in [1.807, 2.05) is 59.4 Å². The molecular formula is C23H25N3O3. The average Bonchev–Trinajstić information content (AvgIpc) is 3.24. The quantitative estimate of drug-likeness (QED) is 0.538. The molecule has 0 fully saturated rings. The zero-order valence-electron chi connectivity index (χ0n) is 16.5. The molecule has 1 heterocycles. The second-order valence-electron chi connectivity index (χ2n) is 6.57. The molecule has 3 aromatic rings. The van der Waals surface area contributed by atoms with Crippen molar-refractivity contribution in [2.75, 3.05) is 13.7 Å². The molecule has 6 nitrogen and oxygen atoms in total. The van der Waals surface area contributed by atoms with Gasteiger partial charge in [-0.05, 0) is 41.3 Å². The highest BCUT2D eigenvalue weighted by molar-refractivity contribution is 5.77. The summed E-state index contributed by atoms with van der Waals surface area (Å²) in [5, 5.41) is 7.10. The molecule has 0 radical (unpaired) electrons. The number of amides is 1. The van der Waals surface area contributed by atoms with Crippen LogP contribution in [0, 0.1) is 0 Å². The third kappa shape index (κ3) is 5.97. The molecule has 1 aromatic heterocycles. The number of methoxy groups -OCH3 is 1. The van der Waals surface area contributed by atoms with Crippen molar-refractivity contribution < 1.29 is 14.3 Å². The molecular weight excluding hydrogens is 366 g/mol. The number of aromatic nitrogens is 2. The summed E-state index contributed by atoms with van der Waals surface area (Å²) in [6.45, 7) is 4.78. The highest BCUT2D eigenvalue weighted by Crippen LogP contribution is 2.28. The molecule has 3 rings (SSSR count). The van der Waals surface area contributed by atoms with Crippen LogP contribution in [0.25, 0.3) is 0 Å². The van der Waals surface area contributed by atoms with Crippen LogP contribution in [0.1, 0.15) is 16.7 Å². The molecule has 0 aliphatic rings. The Morgan fingerprint density at radius 2 is 2.00 bits per heavy atom. The number of hydrogen-bond acceptors (Lipinski definition) is 4. The van der Waals surface area contributed by atoms with Gasteiger partial charge in [0.1, 0.15) is 0 Å². The maximum atomic E-state index is 12.2. The van der Waals surface area contributed by atoms with Crippen LogP contribution >= 0.6 is 0 Å². The summed E-state index contributed by atoms with van der Waals surface area (Å²) in [6, 6.07) is 15.6. The van der Waals surface area contributed by atoms with Crippen LogP contribution in [0.5, 0.6) is 11.5 Å². The molecule has 6 heteroatoms. The number of allylic oxidation sites excluding steroid dienone is 1. The Morgan fingerprint density at radius 1 is 1.14 bits per heavy atom. The SMILES string of the molecule is C=CCc1ccc(OCC(=O)NCc2cccc(Cn3cccn3)c2)c(OC)c1. The van der Waals surface area contributed by atoms with Gasteiger partial charge in [-0.15, -0.1) is 6.58 Å². The lowest BCUT2D eigenvalue weighted by Gasteiger charge is -2.12. The van der Waals surface area contributed by atoms with Crippen molar-refractivity contribution in [1.82, 2.24) is 15.1 Å². The molecule has 0 spiro atoms. The Hall–Kier alpha value is -3.54. The summed E-state index contributed by atoms with van der Waals surface area (Å²) in [5.74, 6) is 0.944. The van der Waals surface area contributed by atoms with E-state index >= 15 is 0 Å². The third-order valence-corrected chi connectivity index (χ3v) is 4.35.